The molecule has 59 heavy (non-hydrogen) atoms. The second-order valence-electron chi connectivity index (χ2n) is 14.8. The Hall–Kier alpha value is -3.63. The van der Waals surface area contributed by atoms with Gasteiger partial charge in [0.1, 0.15) is 19.8 Å². The van der Waals surface area contributed by atoms with Gasteiger partial charge in [-0.15, -0.1) is 0 Å². The summed E-state index contributed by atoms with van der Waals surface area (Å²) in [6.45, 7) is 3.88. The van der Waals surface area contributed by atoms with Crippen molar-refractivity contribution in [2.45, 2.75) is 122 Å². The van der Waals surface area contributed by atoms with Gasteiger partial charge in [0.25, 0.3) is 0 Å². The van der Waals surface area contributed by atoms with Crippen molar-refractivity contribution in [3.8, 4) is 0 Å². The van der Waals surface area contributed by atoms with Gasteiger partial charge in [-0.05, 0) is 83.5 Å². The monoisotopic (exact) mass is 843 g/mol. The van der Waals surface area contributed by atoms with Gasteiger partial charge >= 0.3 is 19.8 Å². The highest BCUT2D eigenvalue weighted by molar-refractivity contribution is 7.47. The Bertz CT molecular complexity index is 1430. The molecule has 10 nitrogen and oxygen atoms in total. The number of likely N-dealkylation sites (N-methyl/N-ethyl adjacent to an activating group) is 1. The second kappa shape index (κ2) is 38.6. The molecule has 2 unspecified atom stereocenters. The summed E-state index contributed by atoms with van der Waals surface area (Å²) >= 11 is 0. The van der Waals surface area contributed by atoms with Gasteiger partial charge in [0.2, 0.25) is 0 Å². The fraction of sp³-hybridized carbons (Fsp3) is 0.542. The number of rotatable bonds is 36. The molecule has 11 heteroatoms. The number of aliphatic hydroxyl groups excluding tert-OH is 1. The molecule has 0 heterocycles. The van der Waals surface area contributed by atoms with Crippen LogP contribution in [-0.2, 0) is 32.7 Å². The van der Waals surface area contributed by atoms with E-state index < -0.39 is 38.6 Å². The number of phosphoric acid groups is 1. The number of allylic oxidation sites excluding steroid dienone is 18. The van der Waals surface area contributed by atoms with Crippen LogP contribution >= 0.6 is 7.82 Å². The van der Waals surface area contributed by atoms with Crippen LogP contribution in [0.25, 0.3) is 0 Å². The number of esters is 2. The van der Waals surface area contributed by atoms with Gasteiger partial charge in [-0.1, -0.05) is 135 Å². The van der Waals surface area contributed by atoms with Crippen molar-refractivity contribution in [2.75, 3.05) is 47.5 Å². The molecule has 0 aromatic carbocycles. The van der Waals surface area contributed by atoms with E-state index in [2.05, 4.69) is 73.8 Å². The van der Waals surface area contributed by atoms with E-state index in [4.69, 9.17) is 18.5 Å². The highest BCUT2D eigenvalue weighted by Crippen LogP contribution is 2.43. The lowest BCUT2D eigenvalue weighted by Gasteiger charge is -2.24. The van der Waals surface area contributed by atoms with Crippen LogP contribution in [0.3, 0.4) is 0 Å². The molecule has 0 saturated heterocycles. The van der Waals surface area contributed by atoms with E-state index in [0.717, 1.165) is 51.4 Å². The molecule has 0 rings (SSSR count). The van der Waals surface area contributed by atoms with Crippen LogP contribution in [0.5, 0.6) is 0 Å². The van der Waals surface area contributed by atoms with Gasteiger partial charge in [0, 0.05) is 12.8 Å². The molecule has 0 amide bonds. The predicted octanol–water partition coefficient (Wildman–Crippen LogP) is 11.1. The van der Waals surface area contributed by atoms with Crippen LogP contribution in [0.15, 0.2) is 122 Å². The first-order chi connectivity index (χ1) is 28.4. The predicted molar refractivity (Wildman–Crippen MR) is 243 cm³/mol. The zero-order valence-electron chi connectivity index (χ0n) is 36.8. The zero-order chi connectivity index (χ0) is 43.7. The zero-order valence-corrected chi connectivity index (χ0v) is 37.7. The average molecular weight is 843 g/mol. The maximum atomic E-state index is 12.7. The Morgan fingerprint density at radius 2 is 1.08 bits per heavy atom. The number of nitrogens with zero attached hydrogens (tertiary/aromatic N) is 1. The molecule has 0 aliphatic heterocycles. The first-order valence-corrected chi connectivity index (χ1v) is 22.9. The van der Waals surface area contributed by atoms with Crippen molar-refractivity contribution in [2.24, 2.45) is 0 Å². The Labute approximate surface area is 357 Å². The average Bonchev–Trinajstić information content (AvgIpc) is 3.18. The molecule has 0 aromatic heterocycles. The molecule has 0 aliphatic carbocycles. The number of ether oxygens (including phenoxy) is 2. The van der Waals surface area contributed by atoms with Crippen molar-refractivity contribution >= 4 is 19.8 Å². The summed E-state index contributed by atoms with van der Waals surface area (Å²) in [5.41, 5.74) is 0. The van der Waals surface area contributed by atoms with Gasteiger partial charge in [-0.2, -0.15) is 0 Å². The van der Waals surface area contributed by atoms with Crippen LogP contribution in [-0.4, -0.2) is 86.1 Å². The van der Waals surface area contributed by atoms with Crippen molar-refractivity contribution < 1.29 is 47.2 Å². The number of phosphoric ester groups is 1. The lowest BCUT2D eigenvalue weighted by atomic mass is 10.2. The van der Waals surface area contributed by atoms with Gasteiger partial charge < -0.3 is 24.0 Å². The van der Waals surface area contributed by atoms with Crippen molar-refractivity contribution in [3.05, 3.63) is 122 Å². The summed E-state index contributed by atoms with van der Waals surface area (Å²) in [6.07, 6.45) is 50.4. The third-order valence-corrected chi connectivity index (χ3v) is 9.05. The Balaban J connectivity index is 4.63. The van der Waals surface area contributed by atoms with Gasteiger partial charge in [-0.25, -0.2) is 4.57 Å². The molecule has 332 valence electrons. The summed E-state index contributed by atoms with van der Waals surface area (Å²) in [5.74, 6) is -0.976. The van der Waals surface area contributed by atoms with Crippen molar-refractivity contribution in [3.63, 3.8) is 0 Å². The highest BCUT2D eigenvalue weighted by atomic mass is 31.2. The first-order valence-electron chi connectivity index (χ1n) is 21.4. The molecule has 3 atom stereocenters. The standard InChI is InChI=1S/C48H76NO9P/c1-6-8-10-11-12-13-14-15-16-17-18-19-23-26-29-32-35-39-47(51)55-43-46(44-57-59(53,54)56-42-41-49(3,4)5)58-48(52)40-36-33-30-27-24-21-20-22-25-28-31-34-38-45(50)37-9-7-2/h8-10,12-13,15-16,18-21,25-31,34,37,45-46,50H,6-7,11,14,17,22-24,32-33,35-36,38-44H2,1-5H3/p+1/b10-8-,13-12-,16-15-,19-18-,21-20-,28-25-,29-26-,30-27-,34-31+,37-9-/t45?,46-/m1/s1. The highest BCUT2D eigenvalue weighted by Gasteiger charge is 2.27. The summed E-state index contributed by atoms with van der Waals surface area (Å²) < 4.78 is 34.1. The smallest absolute Gasteiger partial charge is 0.462 e. The Morgan fingerprint density at radius 1 is 0.610 bits per heavy atom. The summed E-state index contributed by atoms with van der Waals surface area (Å²) in [7, 11) is 1.36. The lowest BCUT2D eigenvalue weighted by Crippen LogP contribution is -2.37. The molecule has 0 fully saturated rings. The van der Waals surface area contributed by atoms with E-state index in [1.165, 1.54) is 0 Å². The molecule has 0 aromatic rings. The van der Waals surface area contributed by atoms with Crippen LogP contribution in [0.4, 0.5) is 0 Å². The maximum Gasteiger partial charge on any atom is 0.472 e. The molecule has 0 radical (unpaired) electrons. The number of unbranched alkanes of at least 4 members (excludes halogenated alkanes) is 2. The topological polar surface area (TPSA) is 129 Å². The first kappa shape index (κ1) is 55.4. The van der Waals surface area contributed by atoms with Crippen LogP contribution in [0, 0.1) is 0 Å². The molecule has 2 N–H and O–H groups in total. The molecule has 0 spiro atoms. The van der Waals surface area contributed by atoms with Crippen molar-refractivity contribution in [1.29, 1.82) is 0 Å². The minimum atomic E-state index is -4.42. The Morgan fingerprint density at radius 3 is 1.61 bits per heavy atom. The largest absolute Gasteiger partial charge is 0.472 e. The van der Waals surface area contributed by atoms with Gasteiger partial charge in [0.15, 0.2) is 6.10 Å². The number of hydrogen-bond acceptors (Lipinski definition) is 8. The molecule has 0 bridgehead atoms. The number of carbonyl (C=O) groups is 2. The molecular weight excluding hydrogens is 765 g/mol. The quantitative estimate of drug-likeness (QED) is 0.0158. The third-order valence-electron chi connectivity index (χ3n) is 8.06. The third kappa shape index (κ3) is 42.3. The number of aliphatic hydroxyl groups is 1. The van der Waals surface area contributed by atoms with Crippen LogP contribution < -0.4 is 0 Å². The number of quaternary nitrogens is 1. The van der Waals surface area contributed by atoms with E-state index in [1.807, 2.05) is 82.8 Å². The Kier molecular flexibility index (Phi) is 36.2. The lowest BCUT2D eigenvalue weighted by molar-refractivity contribution is -0.870. The minimum Gasteiger partial charge on any atom is -0.462 e. The van der Waals surface area contributed by atoms with E-state index in [0.29, 0.717) is 43.1 Å². The van der Waals surface area contributed by atoms with E-state index in [1.54, 1.807) is 0 Å². The minimum absolute atomic E-state index is 0.00334. The normalized spacial score (nSPS) is 15.3. The number of hydrogen-bond donors (Lipinski definition) is 2. The molecule has 0 saturated carbocycles. The fourth-order valence-electron chi connectivity index (χ4n) is 4.75. The molecule has 0 aliphatic rings. The number of carbonyl (C=O) groups excluding carboxylic acids is 2. The fourth-order valence-corrected chi connectivity index (χ4v) is 5.49. The maximum absolute atomic E-state index is 12.7. The van der Waals surface area contributed by atoms with Crippen LogP contribution in [0.2, 0.25) is 0 Å². The van der Waals surface area contributed by atoms with E-state index in [9.17, 15) is 24.2 Å². The molecular formula is C48H77NO9P+. The van der Waals surface area contributed by atoms with E-state index >= 15 is 0 Å². The second-order valence-corrected chi connectivity index (χ2v) is 16.3. The van der Waals surface area contributed by atoms with Gasteiger partial charge in [0.05, 0.1) is 33.9 Å². The van der Waals surface area contributed by atoms with E-state index in [-0.39, 0.29) is 26.1 Å². The SMILES string of the molecule is CC/C=C\C/C=C\C/C=C\C/C=C\C/C=C\CCCC(=O)OC[C@H](COP(=O)(O)OCC[N+](C)(C)C)OC(=O)CCC/C=C\C/C=C\C/C=C\C=C\CC(O)/C=C\CC. The summed E-state index contributed by atoms with van der Waals surface area (Å²) in [5, 5.41) is 9.78. The summed E-state index contributed by atoms with van der Waals surface area (Å²) in [6, 6.07) is 0. The van der Waals surface area contributed by atoms with Crippen LogP contribution in [0.1, 0.15) is 110 Å². The van der Waals surface area contributed by atoms with Crippen molar-refractivity contribution in [1.82, 2.24) is 0 Å². The summed E-state index contributed by atoms with van der Waals surface area (Å²) in [4.78, 5) is 35.3. The van der Waals surface area contributed by atoms with Gasteiger partial charge in [-0.3, -0.25) is 18.6 Å².